The lowest BCUT2D eigenvalue weighted by Gasteiger charge is -2.03. The van der Waals surface area contributed by atoms with Gasteiger partial charge in [0.05, 0.1) is 6.07 Å². The largest absolute Gasteiger partial charge is 0.486 e. The highest BCUT2D eigenvalue weighted by Crippen LogP contribution is 2.22. The lowest BCUT2D eigenvalue weighted by Crippen LogP contribution is -1.93. The van der Waals surface area contributed by atoms with Crippen molar-refractivity contribution in [3.63, 3.8) is 0 Å². The van der Waals surface area contributed by atoms with Gasteiger partial charge in [-0.05, 0) is 30.3 Å². The zero-order chi connectivity index (χ0) is 13.2. The summed E-state index contributed by atoms with van der Waals surface area (Å²) in [6.07, 6.45) is 1.85. The summed E-state index contributed by atoms with van der Waals surface area (Å²) in [5.41, 5.74) is 1.03. The normalized spacial score (nSPS) is 10.7. The fourth-order valence-corrected chi connectivity index (χ4v) is 1.82. The molecule has 0 aliphatic heterocycles. The first-order chi connectivity index (χ1) is 9.22. The molecule has 1 aromatic carbocycles. The van der Waals surface area contributed by atoms with E-state index in [1.54, 1.807) is 0 Å². The highest BCUT2D eigenvalue weighted by Gasteiger charge is 2.12. The van der Waals surface area contributed by atoms with Gasteiger partial charge in [0.2, 0.25) is 0 Å². The first-order valence-electron chi connectivity index (χ1n) is 5.65. The summed E-state index contributed by atoms with van der Waals surface area (Å²) in [4.78, 5) is 13.0. The topological polar surface area (TPSA) is 81.3 Å². The van der Waals surface area contributed by atoms with E-state index in [4.69, 9.17) is 9.15 Å². The van der Waals surface area contributed by atoms with Crippen molar-refractivity contribution in [3.8, 4) is 5.75 Å². The number of nitrogens with zero attached hydrogens (tertiary/aromatic N) is 1. The van der Waals surface area contributed by atoms with Crippen LogP contribution in [-0.2, 0) is 6.61 Å². The van der Waals surface area contributed by atoms with Crippen LogP contribution in [0.15, 0.2) is 47.0 Å². The molecule has 0 amide bonds. The predicted molar refractivity (Wildman–Crippen MR) is 68.0 cm³/mol. The van der Waals surface area contributed by atoms with Gasteiger partial charge in [-0.3, -0.25) is 10.1 Å². The maximum atomic E-state index is 10.5. The molecule has 2 heterocycles. The summed E-state index contributed by atoms with van der Waals surface area (Å²) in [7, 11) is 0. The summed E-state index contributed by atoms with van der Waals surface area (Å²) in [6, 6.07) is 10.4. The molecule has 0 fully saturated rings. The smallest absolute Gasteiger partial charge is 0.433 e. The fourth-order valence-electron chi connectivity index (χ4n) is 1.82. The van der Waals surface area contributed by atoms with Crippen molar-refractivity contribution in [1.29, 1.82) is 0 Å². The second-order valence-electron chi connectivity index (χ2n) is 4.01. The summed E-state index contributed by atoms with van der Waals surface area (Å²) < 4.78 is 10.5. The van der Waals surface area contributed by atoms with Crippen LogP contribution < -0.4 is 4.74 Å². The third-order valence-corrected chi connectivity index (χ3v) is 2.73. The van der Waals surface area contributed by atoms with Gasteiger partial charge >= 0.3 is 5.88 Å². The zero-order valence-electron chi connectivity index (χ0n) is 9.83. The van der Waals surface area contributed by atoms with E-state index in [2.05, 4.69) is 4.98 Å². The molecule has 0 radical (unpaired) electrons. The fraction of sp³-hybridized carbons (Fsp3) is 0.0769. The molecule has 0 saturated carbocycles. The van der Waals surface area contributed by atoms with Crippen molar-refractivity contribution >= 4 is 16.8 Å². The second kappa shape index (κ2) is 4.49. The number of ether oxygens (including phenoxy) is 1. The Hall–Kier alpha value is -2.76. The van der Waals surface area contributed by atoms with E-state index >= 15 is 0 Å². The molecule has 0 aliphatic rings. The molecule has 96 valence electrons. The summed E-state index contributed by atoms with van der Waals surface area (Å²) in [5.74, 6) is 0.826. The standard InChI is InChI=1S/C13H10N2O4/c16-15(17)13-4-2-11(19-13)8-18-10-1-3-12-9(7-10)5-6-14-12/h1-7,14H,8H2. The van der Waals surface area contributed by atoms with E-state index in [9.17, 15) is 10.1 Å². The number of hydrogen-bond donors (Lipinski definition) is 1. The number of aromatic nitrogens is 1. The second-order valence-corrected chi connectivity index (χ2v) is 4.01. The molecular formula is C13H10N2O4. The van der Waals surface area contributed by atoms with Crippen LogP contribution in [0.3, 0.4) is 0 Å². The van der Waals surface area contributed by atoms with Gasteiger partial charge in [-0.15, -0.1) is 0 Å². The van der Waals surface area contributed by atoms with Crippen molar-refractivity contribution in [2.24, 2.45) is 0 Å². The van der Waals surface area contributed by atoms with Gasteiger partial charge in [0.1, 0.15) is 23.0 Å². The van der Waals surface area contributed by atoms with Gasteiger partial charge in [0, 0.05) is 17.1 Å². The first kappa shape index (κ1) is 11.3. The Bertz CT molecular complexity index is 729. The van der Waals surface area contributed by atoms with Crippen molar-refractivity contribution < 1.29 is 14.1 Å². The molecule has 19 heavy (non-hydrogen) atoms. The maximum absolute atomic E-state index is 10.5. The molecule has 6 nitrogen and oxygen atoms in total. The van der Waals surface area contributed by atoms with Gasteiger partial charge < -0.3 is 14.1 Å². The molecule has 3 rings (SSSR count). The van der Waals surface area contributed by atoms with E-state index in [0.717, 1.165) is 10.9 Å². The van der Waals surface area contributed by atoms with Crippen molar-refractivity contribution in [2.45, 2.75) is 6.61 Å². The van der Waals surface area contributed by atoms with Gasteiger partial charge in [0.25, 0.3) is 0 Å². The van der Waals surface area contributed by atoms with Crippen LogP contribution in [0.2, 0.25) is 0 Å². The number of benzene rings is 1. The number of fused-ring (bicyclic) bond motifs is 1. The van der Waals surface area contributed by atoms with Gasteiger partial charge in [-0.1, -0.05) is 0 Å². The highest BCUT2D eigenvalue weighted by molar-refractivity contribution is 5.80. The third-order valence-electron chi connectivity index (χ3n) is 2.73. The molecule has 3 aromatic rings. The van der Waals surface area contributed by atoms with E-state index in [-0.39, 0.29) is 12.5 Å². The quantitative estimate of drug-likeness (QED) is 0.575. The van der Waals surface area contributed by atoms with E-state index < -0.39 is 4.92 Å². The molecule has 0 saturated heterocycles. The Kier molecular flexibility index (Phi) is 2.68. The average Bonchev–Trinajstić information content (AvgIpc) is 3.04. The number of hydrogen-bond acceptors (Lipinski definition) is 4. The minimum Gasteiger partial charge on any atom is -0.486 e. The van der Waals surface area contributed by atoms with E-state index in [1.807, 2.05) is 30.5 Å². The van der Waals surface area contributed by atoms with Crippen LogP contribution in [0.1, 0.15) is 5.76 Å². The van der Waals surface area contributed by atoms with Crippen LogP contribution in [0.5, 0.6) is 5.75 Å². The lowest BCUT2D eigenvalue weighted by molar-refractivity contribution is -0.402. The van der Waals surface area contributed by atoms with Crippen molar-refractivity contribution in [1.82, 2.24) is 4.98 Å². The molecule has 6 heteroatoms. The summed E-state index contributed by atoms with van der Waals surface area (Å²) >= 11 is 0. The number of nitro groups is 1. The van der Waals surface area contributed by atoms with Gasteiger partial charge in [-0.2, -0.15) is 0 Å². The summed E-state index contributed by atoms with van der Waals surface area (Å²) in [5, 5.41) is 11.5. The Morgan fingerprint density at radius 3 is 2.95 bits per heavy atom. The molecule has 1 N–H and O–H groups in total. The van der Waals surface area contributed by atoms with Crippen molar-refractivity contribution in [3.05, 3.63) is 58.5 Å². The Labute approximate surface area is 107 Å². The van der Waals surface area contributed by atoms with E-state index in [0.29, 0.717) is 11.5 Å². The summed E-state index contributed by atoms with van der Waals surface area (Å²) in [6.45, 7) is 0.157. The SMILES string of the molecule is O=[N+]([O-])c1ccc(COc2ccc3[nH]ccc3c2)o1. The number of aromatic amines is 1. The van der Waals surface area contributed by atoms with Gasteiger partial charge in [-0.25, -0.2) is 0 Å². The number of furan rings is 1. The Balaban J connectivity index is 1.72. The van der Waals surface area contributed by atoms with Crippen LogP contribution in [0.4, 0.5) is 5.88 Å². The zero-order valence-corrected chi connectivity index (χ0v) is 9.83. The average molecular weight is 258 g/mol. The first-order valence-corrected chi connectivity index (χ1v) is 5.65. The van der Waals surface area contributed by atoms with Crippen LogP contribution >= 0.6 is 0 Å². The molecule has 0 spiro atoms. The molecule has 0 unspecified atom stereocenters. The Morgan fingerprint density at radius 2 is 2.16 bits per heavy atom. The third kappa shape index (κ3) is 2.28. The molecule has 0 aliphatic carbocycles. The van der Waals surface area contributed by atoms with Gasteiger partial charge in [0.15, 0.2) is 0 Å². The van der Waals surface area contributed by atoms with Crippen molar-refractivity contribution in [2.75, 3.05) is 0 Å². The maximum Gasteiger partial charge on any atom is 0.433 e. The highest BCUT2D eigenvalue weighted by atomic mass is 16.6. The number of H-pyrrole nitrogens is 1. The molecule has 0 atom stereocenters. The predicted octanol–water partition coefficient (Wildman–Crippen LogP) is 3.25. The number of rotatable bonds is 4. The van der Waals surface area contributed by atoms with E-state index in [1.165, 1.54) is 12.1 Å². The van der Waals surface area contributed by atoms with Crippen LogP contribution in [-0.4, -0.2) is 9.91 Å². The van der Waals surface area contributed by atoms with Crippen LogP contribution in [0.25, 0.3) is 10.9 Å². The molecule has 2 aromatic heterocycles. The Morgan fingerprint density at radius 1 is 1.26 bits per heavy atom. The number of nitrogens with one attached hydrogen (secondary N) is 1. The minimum absolute atomic E-state index is 0.157. The molecular weight excluding hydrogens is 248 g/mol. The lowest BCUT2D eigenvalue weighted by atomic mass is 10.2. The molecule has 0 bridgehead atoms. The minimum atomic E-state index is -0.574. The monoisotopic (exact) mass is 258 g/mol. The van der Waals surface area contributed by atoms with Crippen LogP contribution in [0, 0.1) is 10.1 Å².